The van der Waals surface area contributed by atoms with Gasteiger partial charge in [-0.2, -0.15) is 10.1 Å². The minimum atomic E-state index is 0.493. The molecule has 0 bridgehead atoms. The number of fused-ring (bicyclic) bond motifs is 1. The first-order chi connectivity index (χ1) is 12.9. The molecule has 5 rings (SSSR count). The second kappa shape index (κ2) is 6.11. The van der Waals surface area contributed by atoms with Gasteiger partial charge >= 0.3 is 0 Å². The lowest BCUT2D eigenvalue weighted by atomic mass is 10.1. The zero-order valence-electron chi connectivity index (χ0n) is 13.9. The summed E-state index contributed by atoms with van der Waals surface area (Å²) in [6.07, 6.45) is 4.11. The van der Waals surface area contributed by atoms with Gasteiger partial charge in [0.1, 0.15) is 18.4 Å². The van der Waals surface area contributed by atoms with E-state index in [-0.39, 0.29) is 0 Å². The second-order valence-electron chi connectivity index (χ2n) is 6.09. The van der Waals surface area contributed by atoms with Crippen LogP contribution in [0, 0.1) is 0 Å². The lowest BCUT2D eigenvalue weighted by Crippen LogP contribution is -2.01. The van der Waals surface area contributed by atoms with Crippen molar-refractivity contribution in [2.75, 3.05) is 6.61 Å². The molecule has 0 unspecified atom stereocenters. The van der Waals surface area contributed by atoms with E-state index in [0.717, 1.165) is 35.5 Å². The summed E-state index contributed by atoms with van der Waals surface area (Å²) in [4.78, 5) is 8.59. The highest BCUT2D eigenvalue weighted by Crippen LogP contribution is 2.31. The molecule has 2 aromatic carbocycles. The van der Waals surface area contributed by atoms with E-state index in [2.05, 4.69) is 26.3 Å². The van der Waals surface area contributed by atoms with Gasteiger partial charge in [-0.3, -0.25) is 0 Å². The van der Waals surface area contributed by atoms with Crippen LogP contribution in [0.4, 0.5) is 0 Å². The summed E-state index contributed by atoms with van der Waals surface area (Å²) in [5.41, 5.74) is 4.04. The number of ether oxygens (including phenoxy) is 1. The lowest BCUT2D eigenvalue weighted by Gasteiger charge is -2.05. The van der Waals surface area contributed by atoms with Crippen LogP contribution in [0.2, 0.25) is 0 Å². The van der Waals surface area contributed by atoms with E-state index in [1.54, 1.807) is 11.0 Å². The Bertz CT molecular complexity index is 1060. The fourth-order valence-corrected chi connectivity index (χ4v) is 3.13. The Morgan fingerprint density at radius 1 is 1.12 bits per heavy atom. The van der Waals surface area contributed by atoms with Crippen LogP contribution in [0.25, 0.3) is 22.8 Å². The molecule has 7 heteroatoms. The van der Waals surface area contributed by atoms with Crippen LogP contribution in [-0.2, 0) is 13.0 Å². The van der Waals surface area contributed by atoms with Gasteiger partial charge in [-0.1, -0.05) is 23.4 Å². The van der Waals surface area contributed by atoms with Crippen molar-refractivity contribution < 1.29 is 9.26 Å². The van der Waals surface area contributed by atoms with Gasteiger partial charge in [-0.05, 0) is 35.4 Å². The van der Waals surface area contributed by atoms with Crippen molar-refractivity contribution in [2.24, 2.45) is 0 Å². The maximum Gasteiger partial charge on any atom is 0.258 e. The lowest BCUT2D eigenvalue weighted by molar-refractivity contribution is 0.357. The maximum atomic E-state index is 5.55. The minimum absolute atomic E-state index is 0.493. The Kier molecular flexibility index (Phi) is 3.48. The number of hydrogen-bond acceptors (Lipinski definition) is 6. The summed E-state index contributed by atoms with van der Waals surface area (Å²) in [5.74, 6) is 2.01. The predicted octanol–water partition coefficient (Wildman–Crippen LogP) is 2.98. The Morgan fingerprint density at radius 3 is 3.00 bits per heavy atom. The van der Waals surface area contributed by atoms with E-state index >= 15 is 0 Å². The molecule has 0 amide bonds. The Morgan fingerprint density at radius 2 is 2.08 bits per heavy atom. The van der Waals surface area contributed by atoms with Gasteiger partial charge in [0, 0.05) is 17.5 Å². The van der Waals surface area contributed by atoms with Crippen LogP contribution in [0.15, 0.2) is 59.6 Å². The zero-order chi connectivity index (χ0) is 17.3. The summed E-state index contributed by atoms with van der Waals surface area (Å²) >= 11 is 0. The molecule has 128 valence electrons. The second-order valence-corrected chi connectivity index (χ2v) is 6.09. The van der Waals surface area contributed by atoms with E-state index in [9.17, 15) is 0 Å². The summed E-state index contributed by atoms with van der Waals surface area (Å²) in [7, 11) is 0. The summed E-state index contributed by atoms with van der Waals surface area (Å²) in [6, 6.07) is 13.9. The summed E-state index contributed by atoms with van der Waals surface area (Å²) in [5, 5.41) is 8.32. The average Bonchev–Trinajstić information content (AvgIpc) is 3.43. The molecule has 0 N–H and O–H groups in total. The first-order valence-corrected chi connectivity index (χ1v) is 8.37. The highest BCUT2D eigenvalue weighted by molar-refractivity contribution is 5.64. The molecular formula is C19H15N5O2. The van der Waals surface area contributed by atoms with Crippen molar-refractivity contribution >= 4 is 0 Å². The minimum Gasteiger partial charge on any atom is -0.493 e. The van der Waals surface area contributed by atoms with Crippen LogP contribution < -0.4 is 4.74 Å². The van der Waals surface area contributed by atoms with Crippen LogP contribution in [0.5, 0.6) is 5.75 Å². The number of rotatable bonds is 4. The molecule has 0 saturated heterocycles. The van der Waals surface area contributed by atoms with Gasteiger partial charge in [-0.25, -0.2) is 9.67 Å². The number of aromatic nitrogens is 5. The van der Waals surface area contributed by atoms with Crippen LogP contribution in [0.1, 0.15) is 11.1 Å². The van der Waals surface area contributed by atoms with Crippen molar-refractivity contribution in [1.82, 2.24) is 24.9 Å². The van der Waals surface area contributed by atoms with E-state index < -0.39 is 0 Å². The topological polar surface area (TPSA) is 78.9 Å². The van der Waals surface area contributed by atoms with Crippen LogP contribution in [-0.4, -0.2) is 31.5 Å². The van der Waals surface area contributed by atoms with Gasteiger partial charge < -0.3 is 9.26 Å². The molecule has 1 aliphatic rings. The monoisotopic (exact) mass is 345 g/mol. The smallest absolute Gasteiger partial charge is 0.258 e. The van der Waals surface area contributed by atoms with Gasteiger partial charge in [0.25, 0.3) is 5.89 Å². The number of hydrogen-bond donors (Lipinski definition) is 0. The molecule has 0 fully saturated rings. The van der Waals surface area contributed by atoms with Crippen molar-refractivity contribution in [1.29, 1.82) is 0 Å². The molecule has 4 aromatic rings. The van der Waals surface area contributed by atoms with Crippen LogP contribution >= 0.6 is 0 Å². The van der Waals surface area contributed by atoms with Crippen molar-refractivity contribution in [3.05, 3.63) is 66.2 Å². The maximum absolute atomic E-state index is 5.55. The average molecular weight is 345 g/mol. The first kappa shape index (κ1) is 14.8. The number of nitrogens with zero attached hydrogens (tertiary/aromatic N) is 5. The highest BCUT2D eigenvalue weighted by Gasteiger charge is 2.17. The third-order valence-corrected chi connectivity index (χ3v) is 4.42. The Hall–Kier alpha value is -3.48. The SMILES string of the molecule is c1ccc(-c2nc(-c3ccc4c(c3)CCO4)no2)c(Cn2cncn2)c1. The van der Waals surface area contributed by atoms with Gasteiger partial charge in [0.15, 0.2) is 0 Å². The molecule has 2 aromatic heterocycles. The molecule has 0 atom stereocenters. The predicted molar refractivity (Wildman–Crippen MR) is 93.5 cm³/mol. The standard InChI is InChI=1S/C19H15N5O2/c1-2-4-16(15(3-1)10-24-12-20-11-21-24)19-22-18(23-26-19)14-5-6-17-13(9-14)7-8-25-17/h1-6,9,11-12H,7-8,10H2. The first-order valence-electron chi connectivity index (χ1n) is 8.37. The molecule has 1 aliphatic heterocycles. The van der Waals surface area contributed by atoms with E-state index in [4.69, 9.17) is 9.26 Å². The molecule has 7 nitrogen and oxygen atoms in total. The van der Waals surface area contributed by atoms with Crippen molar-refractivity contribution in [3.8, 4) is 28.6 Å². The molecule has 0 radical (unpaired) electrons. The normalized spacial score (nSPS) is 12.8. The molecular weight excluding hydrogens is 330 g/mol. The molecule has 3 heterocycles. The Labute approximate surface area is 149 Å². The van der Waals surface area contributed by atoms with E-state index in [1.807, 2.05) is 36.4 Å². The van der Waals surface area contributed by atoms with Gasteiger partial charge in [0.05, 0.1) is 13.2 Å². The fourth-order valence-electron chi connectivity index (χ4n) is 3.13. The third-order valence-electron chi connectivity index (χ3n) is 4.42. The molecule has 26 heavy (non-hydrogen) atoms. The molecule has 0 saturated carbocycles. The fraction of sp³-hybridized carbons (Fsp3) is 0.158. The van der Waals surface area contributed by atoms with Gasteiger partial charge in [0.2, 0.25) is 5.82 Å². The highest BCUT2D eigenvalue weighted by atomic mass is 16.5. The van der Waals surface area contributed by atoms with Gasteiger partial charge in [-0.15, -0.1) is 0 Å². The summed E-state index contributed by atoms with van der Waals surface area (Å²) in [6.45, 7) is 1.32. The number of benzene rings is 2. The van der Waals surface area contributed by atoms with Crippen molar-refractivity contribution in [3.63, 3.8) is 0 Å². The molecule has 0 spiro atoms. The van der Waals surface area contributed by atoms with Crippen molar-refractivity contribution in [2.45, 2.75) is 13.0 Å². The molecule has 0 aliphatic carbocycles. The van der Waals surface area contributed by atoms with Crippen LogP contribution in [0.3, 0.4) is 0 Å². The zero-order valence-corrected chi connectivity index (χ0v) is 13.9. The van der Waals surface area contributed by atoms with E-state index in [1.165, 1.54) is 11.9 Å². The quantitative estimate of drug-likeness (QED) is 0.566. The van der Waals surface area contributed by atoms with E-state index in [0.29, 0.717) is 18.3 Å². The summed E-state index contributed by atoms with van der Waals surface area (Å²) < 4.78 is 12.9. The largest absolute Gasteiger partial charge is 0.493 e. The third kappa shape index (κ3) is 2.63. The Balaban J connectivity index is 1.49.